The van der Waals surface area contributed by atoms with E-state index in [4.69, 9.17) is 15.2 Å². The van der Waals surface area contributed by atoms with Crippen molar-refractivity contribution in [2.45, 2.75) is 13.3 Å². The summed E-state index contributed by atoms with van der Waals surface area (Å²) in [5.74, 6) is -2.62. The van der Waals surface area contributed by atoms with Crippen molar-refractivity contribution in [3.63, 3.8) is 0 Å². The topological polar surface area (TPSA) is 149 Å². The quantitative estimate of drug-likeness (QED) is 0.246. The van der Waals surface area contributed by atoms with E-state index in [2.05, 4.69) is 20.0 Å². The average Bonchev–Trinajstić information content (AvgIpc) is 3.74. The fraction of sp³-hybridized carbons (Fsp3) is 0.258. The van der Waals surface area contributed by atoms with E-state index in [9.17, 15) is 22.0 Å². The van der Waals surface area contributed by atoms with E-state index in [1.165, 1.54) is 33.5 Å². The van der Waals surface area contributed by atoms with Gasteiger partial charge >= 0.3 is 0 Å². The number of benzene rings is 2. The van der Waals surface area contributed by atoms with Gasteiger partial charge in [-0.1, -0.05) is 6.07 Å². The number of ketones is 1. The number of hydrogen-bond acceptors (Lipinski definition) is 9. The number of nitrogen functional groups attached to an aromatic ring is 1. The molecule has 2 aliphatic rings. The fourth-order valence-electron chi connectivity index (χ4n) is 5.80. The van der Waals surface area contributed by atoms with Gasteiger partial charge < -0.3 is 25.1 Å². The maximum Gasteiger partial charge on any atom is 0.235 e. The number of carbonyl (C=O) groups is 1. The van der Waals surface area contributed by atoms with Crippen molar-refractivity contribution in [2.24, 2.45) is 0 Å². The number of anilines is 3. The van der Waals surface area contributed by atoms with E-state index in [1.807, 2.05) is 6.07 Å². The number of halogens is 2. The van der Waals surface area contributed by atoms with Gasteiger partial charge in [0, 0.05) is 36.6 Å². The highest BCUT2D eigenvalue weighted by Gasteiger charge is 2.32. The van der Waals surface area contributed by atoms with Crippen molar-refractivity contribution in [1.29, 1.82) is 0 Å². The molecule has 0 aliphatic carbocycles. The number of rotatable bonds is 7. The van der Waals surface area contributed by atoms with Crippen molar-refractivity contribution in [1.82, 2.24) is 19.7 Å². The molecule has 238 valence electrons. The van der Waals surface area contributed by atoms with Crippen LogP contribution in [-0.2, 0) is 14.8 Å². The maximum atomic E-state index is 14.1. The average molecular weight is 650 g/mol. The molecule has 0 amide bonds. The van der Waals surface area contributed by atoms with Crippen LogP contribution < -0.4 is 19.7 Å². The molecule has 3 aromatic heterocycles. The van der Waals surface area contributed by atoms with Crippen molar-refractivity contribution < 1.29 is 31.5 Å². The van der Waals surface area contributed by atoms with Gasteiger partial charge in [-0.05, 0) is 49.2 Å². The highest BCUT2D eigenvalue weighted by Crippen LogP contribution is 2.38. The number of aryl methyl sites for hydroxylation is 1. The highest BCUT2D eigenvalue weighted by atomic mass is 32.2. The van der Waals surface area contributed by atoms with Gasteiger partial charge in [0.2, 0.25) is 27.4 Å². The number of morpholine rings is 1. The minimum atomic E-state index is -3.46. The zero-order chi connectivity index (χ0) is 32.2. The second kappa shape index (κ2) is 11.4. The lowest BCUT2D eigenvalue weighted by Crippen LogP contribution is -2.37. The maximum absolute atomic E-state index is 14.1. The third-order valence-electron chi connectivity index (χ3n) is 8.14. The minimum Gasteiger partial charge on any atom is -0.433 e. The Bertz CT molecular complexity index is 2090. The van der Waals surface area contributed by atoms with Crippen molar-refractivity contribution in [3.05, 3.63) is 83.3 Å². The normalized spacial score (nSPS) is 16.3. The predicted molar refractivity (Wildman–Crippen MR) is 167 cm³/mol. The summed E-state index contributed by atoms with van der Waals surface area (Å²) < 4.78 is 67.5. The van der Waals surface area contributed by atoms with Crippen molar-refractivity contribution in [3.8, 4) is 17.3 Å². The van der Waals surface area contributed by atoms with Crippen LogP contribution in [0.2, 0.25) is 0 Å². The van der Waals surface area contributed by atoms with Crippen LogP contribution in [0.3, 0.4) is 0 Å². The minimum absolute atomic E-state index is 0.0390. The summed E-state index contributed by atoms with van der Waals surface area (Å²) in [6.45, 7) is 4.37. The number of nitrogens with zero attached hydrogens (tertiary/aromatic N) is 5. The van der Waals surface area contributed by atoms with Gasteiger partial charge in [0.15, 0.2) is 11.6 Å². The third-order valence-corrected chi connectivity index (χ3v) is 10.00. The second-order valence-electron chi connectivity index (χ2n) is 11.1. The lowest BCUT2D eigenvalue weighted by atomic mass is 10.1. The number of aromatic amines is 1. The van der Waals surface area contributed by atoms with Crippen molar-refractivity contribution in [2.75, 3.05) is 53.5 Å². The summed E-state index contributed by atoms with van der Waals surface area (Å²) >= 11 is 0. The van der Waals surface area contributed by atoms with Gasteiger partial charge in [-0.2, -0.15) is 5.10 Å². The Morgan fingerprint density at radius 1 is 1.02 bits per heavy atom. The van der Waals surface area contributed by atoms with Gasteiger partial charge in [-0.15, -0.1) is 0 Å². The molecule has 0 spiro atoms. The van der Waals surface area contributed by atoms with Crippen LogP contribution in [-0.4, -0.2) is 72.6 Å². The number of carbonyl (C=O) groups excluding carboxylic acids is 1. The molecule has 3 N–H and O–H groups in total. The van der Waals surface area contributed by atoms with Gasteiger partial charge in [0.25, 0.3) is 0 Å². The Hall–Kier alpha value is -5.02. The van der Waals surface area contributed by atoms with Crippen LogP contribution in [0.25, 0.3) is 16.6 Å². The Balaban J connectivity index is 1.20. The van der Waals surface area contributed by atoms with E-state index >= 15 is 0 Å². The van der Waals surface area contributed by atoms with Gasteiger partial charge in [0.05, 0.1) is 59.7 Å². The van der Waals surface area contributed by atoms with Crippen LogP contribution in [0.1, 0.15) is 28.0 Å². The number of nitrogens with two attached hydrogens (primary N) is 1. The van der Waals surface area contributed by atoms with E-state index in [1.54, 1.807) is 19.1 Å². The number of sulfonamides is 1. The molecule has 0 saturated carbocycles. The molecular formula is C31H29F2N7O5S. The van der Waals surface area contributed by atoms with E-state index in [0.717, 1.165) is 23.2 Å². The number of hydrogen-bond donors (Lipinski definition) is 2. The van der Waals surface area contributed by atoms with Gasteiger partial charge in [-0.25, -0.2) is 26.9 Å². The molecular weight excluding hydrogens is 620 g/mol. The second-order valence-corrected chi connectivity index (χ2v) is 13.1. The number of H-pyrrole nitrogens is 1. The van der Waals surface area contributed by atoms with Gasteiger partial charge in [0.1, 0.15) is 5.82 Å². The Kier molecular flexibility index (Phi) is 7.36. The highest BCUT2D eigenvalue weighted by molar-refractivity contribution is 7.93. The fourth-order valence-corrected chi connectivity index (χ4v) is 7.37. The summed E-state index contributed by atoms with van der Waals surface area (Å²) in [5.41, 5.74) is 9.73. The standard InChI is InChI=1S/C31H29F2N7O5S/c1-18-12-28(45-30-21(32)4-2-5-22(30)33)35-17-27(18)40-31(34)20(16-36-40)29(41)24-13-19-14-25(38-7-9-44-10-8-38)26(15-23(19)37-24)39-6-3-11-46(39,42)43/h2,4-5,12-17,37H,3,6-11,34H2,1H3. The molecule has 2 aromatic carbocycles. The van der Waals surface area contributed by atoms with Crippen LogP contribution in [0, 0.1) is 18.6 Å². The molecule has 12 nitrogen and oxygen atoms in total. The largest absolute Gasteiger partial charge is 0.433 e. The molecule has 0 bridgehead atoms. The smallest absolute Gasteiger partial charge is 0.235 e. The summed E-state index contributed by atoms with van der Waals surface area (Å²) in [6, 6.07) is 10.3. The van der Waals surface area contributed by atoms with Crippen LogP contribution in [0.4, 0.5) is 26.0 Å². The number of nitrogens with one attached hydrogen (secondary N) is 1. The van der Waals surface area contributed by atoms with Crippen LogP contribution in [0.15, 0.2) is 54.9 Å². The monoisotopic (exact) mass is 649 g/mol. The lowest BCUT2D eigenvalue weighted by Gasteiger charge is -2.32. The Morgan fingerprint density at radius 2 is 1.78 bits per heavy atom. The van der Waals surface area contributed by atoms with Crippen LogP contribution >= 0.6 is 0 Å². The van der Waals surface area contributed by atoms with Crippen LogP contribution in [0.5, 0.6) is 11.6 Å². The molecule has 15 heteroatoms. The first-order chi connectivity index (χ1) is 22.1. The molecule has 7 rings (SSSR count). The summed E-state index contributed by atoms with van der Waals surface area (Å²) in [7, 11) is -3.46. The molecule has 0 atom stereocenters. The first-order valence-corrected chi connectivity index (χ1v) is 16.2. The first-order valence-electron chi connectivity index (χ1n) is 14.6. The lowest BCUT2D eigenvalue weighted by molar-refractivity contribution is 0.103. The van der Waals surface area contributed by atoms with E-state index in [-0.39, 0.29) is 28.7 Å². The zero-order valence-corrected chi connectivity index (χ0v) is 25.5. The summed E-state index contributed by atoms with van der Waals surface area (Å²) in [4.78, 5) is 23.1. The molecule has 2 aliphatic heterocycles. The molecule has 0 radical (unpaired) electrons. The Labute approximate surface area is 262 Å². The SMILES string of the molecule is Cc1cc(Oc2c(F)cccc2F)ncc1-n1ncc(C(=O)c2cc3cc(N4CCOCC4)c(N4CCCS4(=O)=O)cc3[nH]2)c1N. The predicted octanol–water partition coefficient (Wildman–Crippen LogP) is 4.32. The number of para-hydroxylation sites is 1. The zero-order valence-electron chi connectivity index (χ0n) is 24.7. The molecule has 2 fully saturated rings. The number of pyridine rings is 1. The molecule has 5 heterocycles. The summed E-state index contributed by atoms with van der Waals surface area (Å²) in [5, 5.41) is 5.05. The number of aromatic nitrogens is 4. The Morgan fingerprint density at radius 3 is 2.48 bits per heavy atom. The molecule has 5 aromatic rings. The number of fused-ring (bicyclic) bond motifs is 1. The molecule has 2 saturated heterocycles. The number of ether oxygens (including phenoxy) is 2. The summed E-state index contributed by atoms with van der Waals surface area (Å²) in [6.07, 6.45) is 3.27. The van der Waals surface area contributed by atoms with Crippen molar-refractivity contribution >= 4 is 43.9 Å². The van der Waals surface area contributed by atoms with Gasteiger partial charge in [-0.3, -0.25) is 9.10 Å². The molecule has 46 heavy (non-hydrogen) atoms. The third kappa shape index (κ3) is 5.20. The van der Waals surface area contributed by atoms with E-state index in [0.29, 0.717) is 61.7 Å². The molecule has 0 unspecified atom stereocenters. The first kappa shape index (κ1) is 29.7. The van der Waals surface area contributed by atoms with E-state index < -0.39 is 33.2 Å².